The Hall–Kier alpha value is -2.38. The van der Waals surface area contributed by atoms with E-state index in [-0.39, 0.29) is 10.9 Å². The van der Waals surface area contributed by atoms with Crippen LogP contribution in [0.25, 0.3) is 0 Å². The molecule has 2 rings (SSSR count). The van der Waals surface area contributed by atoms with Crippen LogP contribution in [0.4, 0.5) is 0 Å². The predicted molar refractivity (Wildman–Crippen MR) is 101 cm³/mol. The summed E-state index contributed by atoms with van der Waals surface area (Å²) in [5, 5.41) is 2.81. The highest BCUT2D eigenvalue weighted by Gasteiger charge is 2.23. The van der Waals surface area contributed by atoms with Crippen molar-refractivity contribution in [1.29, 1.82) is 0 Å². The fourth-order valence-electron chi connectivity index (χ4n) is 2.54. The number of methoxy groups -OCH3 is 1. The van der Waals surface area contributed by atoms with Gasteiger partial charge >= 0.3 is 0 Å². The summed E-state index contributed by atoms with van der Waals surface area (Å²) in [7, 11) is -2.30. The van der Waals surface area contributed by atoms with Gasteiger partial charge < -0.3 is 10.1 Å². The quantitative estimate of drug-likeness (QED) is 0.778. The van der Waals surface area contributed by atoms with Gasteiger partial charge in [0.05, 0.1) is 24.1 Å². The van der Waals surface area contributed by atoms with Crippen molar-refractivity contribution in [2.75, 3.05) is 7.11 Å². The molecule has 0 spiro atoms. The highest BCUT2D eigenvalue weighted by atomic mass is 32.2. The first-order chi connectivity index (χ1) is 12.2. The van der Waals surface area contributed by atoms with Crippen LogP contribution in [-0.4, -0.2) is 27.5 Å². The molecule has 0 aromatic heterocycles. The molecular weight excluding hydrogens is 352 g/mol. The zero-order chi connectivity index (χ0) is 19.3. The first-order valence-corrected chi connectivity index (χ1v) is 9.75. The summed E-state index contributed by atoms with van der Waals surface area (Å²) < 4.78 is 32.6. The van der Waals surface area contributed by atoms with E-state index in [2.05, 4.69) is 10.0 Å². The molecule has 6 nitrogen and oxygen atoms in total. The molecule has 0 bridgehead atoms. The Morgan fingerprint density at radius 1 is 1.08 bits per heavy atom. The van der Waals surface area contributed by atoms with Crippen molar-refractivity contribution < 1.29 is 17.9 Å². The highest BCUT2D eigenvalue weighted by molar-refractivity contribution is 7.89. The van der Waals surface area contributed by atoms with Crippen molar-refractivity contribution in [3.8, 4) is 5.75 Å². The predicted octanol–water partition coefficient (Wildman–Crippen LogP) is 2.55. The average Bonchev–Trinajstić information content (AvgIpc) is 2.61. The van der Waals surface area contributed by atoms with Gasteiger partial charge in [0.15, 0.2) is 0 Å². The molecule has 0 unspecified atom stereocenters. The molecule has 140 valence electrons. The summed E-state index contributed by atoms with van der Waals surface area (Å²) in [5.74, 6) is 0.210. The first kappa shape index (κ1) is 19.9. The van der Waals surface area contributed by atoms with Crippen LogP contribution in [0.2, 0.25) is 0 Å². The molecule has 0 aliphatic heterocycles. The van der Waals surface area contributed by atoms with Crippen LogP contribution in [0.1, 0.15) is 31.0 Å². The van der Waals surface area contributed by atoms with Crippen molar-refractivity contribution in [1.82, 2.24) is 10.0 Å². The summed E-state index contributed by atoms with van der Waals surface area (Å²) in [6.45, 7) is 5.12. The molecule has 0 aliphatic carbocycles. The summed E-state index contributed by atoms with van der Waals surface area (Å²) in [6, 6.07) is 12.9. The van der Waals surface area contributed by atoms with Crippen LogP contribution in [0, 0.1) is 6.92 Å². The summed E-state index contributed by atoms with van der Waals surface area (Å²) >= 11 is 0. The van der Waals surface area contributed by atoms with E-state index in [0.717, 1.165) is 5.56 Å². The van der Waals surface area contributed by atoms with Crippen LogP contribution in [0.3, 0.4) is 0 Å². The number of sulfonamides is 1. The Bertz CT molecular complexity index is 866. The van der Waals surface area contributed by atoms with Gasteiger partial charge in [0.2, 0.25) is 15.9 Å². The molecule has 0 aliphatic rings. The van der Waals surface area contributed by atoms with E-state index >= 15 is 0 Å². The van der Waals surface area contributed by atoms with Gasteiger partial charge in [-0.25, -0.2) is 8.42 Å². The summed E-state index contributed by atoms with van der Waals surface area (Å²) in [4.78, 5) is 12.4. The molecule has 0 heterocycles. The van der Waals surface area contributed by atoms with Gasteiger partial charge in [-0.2, -0.15) is 4.72 Å². The molecule has 2 atom stereocenters. The maximum atomic E-state index is 12.5. The number of rotatable bonds is 7. The lowest BCUT2D eigenvalue weighted by Crippen LogP contribution is -2.45. The minimum Gasteiger partial charge on any atom is -0.496 e. The highest BCUT2D eigenvalue weighted by Crippen LogP contribution is 2.21. The zero-order valence-electron chi connectivity index (χ0n) is 15.3. The standard InChI is InChI=1S/C19H24N2O4S/c1-13-12-17(10-11-18(13)25-4)26(23,24)21-15(3)19(22)20-14(2)16-8-6-5-7-9-16/h5-12,14-15,21H,1-4H3,(H,20,22)/t14-,15+/m0/s1. The van der Waals surface area contributed by atoms with Crippen molar-refractivity contribution in [3.63, 3.8) is 0 Å². The Kier molecular flexibility index (Phi) is 6.39. The van der Waals surface area contributed by atoms with Crippen molar-refractivity contribution in [2.45, 2.75) is 37.8 Å². The molecule has 2 N–H and O–H groups in total. The molecule has 0 saturated carbocycles. The van der Waals surface area contributed by atoms with Gasteiger partial charge in [-0.3, -0.25) is 4.79 Å². The normalized spacial score (nSPS) is 13.7. The number of ether oxygens (including phenoxy) is 1. The van der Waals surface area contributed by atoms with Crippen LogP contribution >= 0.6 is 0 Å². The van der Waals surface area contributed by atoms with Crippen LogP contribution in [0.15, 0.2) is 53.4 Å². The molecule has 0 radical (unpaired) electrons. The molecule has 2 aromatic carbocycles. The van der Waals surface area contributed by atoms with Gasteiger partial charge in [-0.15, -0.1) is 0 Å². The van der Waals surface area contributed by atoms with E-state index in [4.69, 9.17) is 4.74 Å². The molecule has 7 heteroatoms. The maximum absolute atomic E-state index is 12.5. The Balaban J connectivity index is 2.06. The van der Waals surface area contributed by atoms with E-state index in [1.165, 1.54) is 26.2 Å². The van der Waals surface area contributed by atoms with Gasteiger partial charge in [0.25, 0.3) is 0 Å². The number of carbonyl (C=O) groups is 1. The van der Waals surface area contributed by atoms with Gasteiger partial charge in [0, 0.05) is 0 Å². The Morgan fingerprint density at radius 2 is 1.73 bits per heavy atom. The third-order valence-corrected chi connectivity index (χ3v) is 5.60. The minimum absolute atomic E-state index is 0.0894. The second-order valence-corrected chi connectivity index (χ2v) is 7.83. The number of hydrogen-bond acceptors (Lipinski definition) is 4. The van der Waals surface area contributed by atoms with Crippen molar-refractivity contribution in [2.24, 2.45) is 0 Å². The number of aryl methyl sites for hydroxylation is 1. The van der Waals surface area contributed by atoms with Crippen LogP contribution in [0.5, 0.6) is 5.75 Å². The number of benzene rings is 2. The number of hydrogen-bond donors (Lipinski definition) is 2. The van der Waals surface area contributed by atoms with Crippen molar-refractivity contribution in [3.05, 3.63) is 59.7 Å². The fraction of sp³-hybridized carbons (Fsp3) is 0.316. The Morgan fingerprint density at radius 3 is 2.31 bits per heavy atom. The maximum Gasteiger partial charge on any atom is 0.241 e. The lowest BCUT2D eigenvalue weighted by atomic mass is 10.1. The monoisotopic (exact) mass is 376 g/mol. The van der Waals surface area contributed by atoms with Gasteiger partial charge in [-0.05, 0) is 50.1 Å². The summed E-state index contributed by atoms with van der Waals surface area (Å²) in [6.07, 6.45) is 0. The molecule has 0 fully saturated rings. The topological polar surface area (TPSA) is 84.5 Å². The molecule has 0 saturated heterocycles. The molecule has 2 aromatic rings. The van der Waals surface area contributed by atoms with E-state index in [9.17, 15) is 13.2 Å². The number of nitrogens with one attached hydrogen (secondary N) is 2. The fourth-order valence-corrected chi connectivity index (χ4v) is 3.82. The molecule has 1 amide bonds. The summed E-state index contributed by atoms with van der Waals surface area (Å²) in [5.41, 5.74) is 1.65. The van der Waals surface area contributed by atoms with Crippen LogP contribution in [-0.2, 0) is 14.8 Å². The number of amides is 1. The average molecular weight is 376 g/mol. The minimum atomic E-state index is -3.82. The van der Waals surface area contributed by atoms with Crippen LogP contribution < -0.4 is 14.8 Å². The largest absolute Gasteiger partial charge is 0.496 e. The molecule has 26 heavy (non-hydrogen) atoms. The zero-order valence-corrected chi connectivity index (χ0v) is 16.1. The van der Waals surface area contributed by atoms with Gasteiger partial charge in [-0.1, -0.05) is 30.3 Å². The Labute approximate surface area is 154 Å². The smallest absolute Gasteiger partial charge is 0.241 e. The van der Waals surface area contributed by atoms with Gasteiger partial charge in [0.1, 0.15) is 5.75 Å². The number of carbonyl (C=O) groups excluding carboxylic acids is 1. The lowest BCUT2D eigenvalue weighted by Gasteiger charge is -2.19. The van der Waals surface area contributed by atoms with E-state index in [1.807, 2.05) is 37.3 Å². The van der Waals surface area contributed by atoms with Crippen molar-refractivity contribution >= 4 is 15.9 Å². The van der Waals surface area contributed by atoms with E-state index in [0.29, 0.717) is 11.3 Å². The third kappa shape index (κ3) is 4.83. The second-order valence-electron chi connectivity index (χ2n) is 6.12. The second kappa shape index (κ2) is 8.33. The SMILES string of the molecule is COc1ccc(S(=O)(=O)N[C@H](C)C(=O)N[C@@H](C)c2ccccc2)cc1C. The third-order valence-electron chi connectivity index (χ3n) is 4.06. The molecular formula is C19H24N2O4S. The first-order valence-electron chi connectivity index (χ1n) is 8.27. The van der Waals surface area contributed by atoms with E-state index in [1.54, 1.807) is 13.0 Å². The van der Waals surface area contributed by atoms with E-state index < -0.39 is 22.0 Å². The lowest BCUT2D eigenvalue weighted by molar-refractivity contribution is -0.123.